The van der Waals surface area contributed by atoms with Crippen molar-refractivity contribution in [1.82, 2.24) is 4.90 Å². The molecule has 3 rings (SSSR count). The summed E-state index contributed by atoms with van der Waals surface area (Å²) in [7, 11) is 1.35. The molecule has 1 aliphatic heterocycles. The Morgan fingerprint density at radius 2 is 1.82 bits per heavy atom. The summed E-state index contributed by atoms with van der Waals surface area (Å²) in [6, 6.07) is 11.2. The Morgan fingerprint density at radius 1 is 1.14 bits per heavy atom. The van der Waals surface area contributed by atoms with Gasteiger partial charge in [-0.1, -0.05) is 41.4 Å². The fourth-order valence-electron chi connectivity index (χ4n) is 3.41. The van der Waals surface area contributed by atoms with Crippen molar-refractivity contribution in [3.05, 3.63) is 68.2 Å². The topological polar surface area (TPSA) is 75.9 Å². The van der Waals surface area contributed by atoms with Crippen LogP contribution in [0.4, 0.5) is 11.4 Å². The molecule has 7 nitrogen and oxygen atoms in total. The van der Waals surface area contributed by atoms with Gasteiger partial charge in [0.1, 0.15) is 11.7 Å². The fraction of sp³-hybridized carbons (Fsp3) is 0.316. The Bertz CT molecular complexity index is 885. The van der Waals surface area contributed by atoms with Crippen LogP contribution in [0.3, 0.4) is 0 Å². The zero-order valence-corrected chi connectivity index (χ0v) is 16.7. The molecule has 0 aliphatic carbocycles. The van der Waals surface area contributed by atoms with Gasteiger partial charge < -0.3 is 9.64 Å². The molecule has 2 aromatic carbocycles. The van der Waals surface area contributed by atoms with Crippen LogP contribution in [0.25, 0.3) is 0 Å². The van der Waals surface area contributed by atoms with Crippen LogP contribution in [0.5, 0.6) is 0 Å². The van der Waals surface area contributed by atoms with E-state index in [1.54, 1.807) is 30.3 Å². The number of nitro benzene ring substituents is 1. The van der Waals surface area contributed by atoms with Gasteiger partial charge in [-0.25, -0.2) is 4.79 Å². The van der Waals surface area contributed by atoms with E-state index in [0.29, 0.717) is 47.5 Å². The van der Waals surface area contributed by atoms with Crippen LogP contribution in [0, 0.1) is 10.1 Å². The molecule has 1 atom stereocenters. The number of benzene rings is 2. The van der Waals surface area contributed by atoms with Crippen molar-refractivity contribution in [3.63, 3.8) is 0 Å². The normalized spacial score (nSPS) is 15.9. The first-order chi connectivity index (χ1) is 13.4. The number of ether oxygens (including phenoxy) is 1. The van der Waals surface area contributed by atoms with Gasteiger partial charge in [0.05, 0.1) is 12.0 Å². The van der Waals surface area contributed by atoms with E-state index in [9.17, 15) is 14.9 Å². The van der Waals surface area contributed by atoms with Crippen LogP contribution in [-0.2, 0) is 9.53 Å². The quantitative estimate of drug-likeness (QED) is 0.411. The molecule has 0 bridgehead atoms. The number of halogens is 2. The highest BCUT2D eigenvalue weighted by Crippen LogP contribution is 2.34. The molecule has 1 unspecified atom stereocenters. The minimum Gasteiger partial charge on any atom is -0.468 e. The summed E-state index contributed by atoms with van der Waals surface area (Å²) < 4.78 is 4.99. The molecule has 0 N–H and O–H groups in total. The van der Waals surface area contributed by atoms with Crippen molar-refractivity contribution < 1.29 is 14.5 Å². The van der Waals surface area contributed by atoms with Gasteiger partial charge in [-0.15, -0.1) is 0 Å². The predicted octanol–water partition coefficient (Wildman–Crippen LogP) is 3.94. The third-order valence-electron chi connectivity index (χ3n) is 4.78. The maximum atomic E-state index is 12.5. The molecule has 0 amide bonds. The Hall–Kier alpha value is -2.35. The van der Waals surface area contributed by atoms with E-state index in [2.05, 4.69) is 0 Å². The average molecular weight is 424 g/mol. The van der Waals surface area contributed by atoms with E-state index in [1.165, 1.54) is 13.2 Å². The van der Waals surface area contributed by atoms with Gasteiger partial charge in [0.15, 0.2) is 0 Å². The molecule has 9 heteroatoms. The van der Waals surface area contributed by atoms with Crippen LogP contribution in [-0.4, -0.2) is 49.1 Å². The highest BCUT2D eigenvalue weighted by atomic mass is 35.5. The SMILES string of the molecule is COC(=O)C(c1ccccc1Cl)N1CCN(c2ccc(Cl)cc2[N+](=O)[O-])CC1. The Labute approximate surface area is 172 Å². The molecule has 0 spiro atoms. The maximum Gasteiger partial charge on any atom is 0.327 e. The first-order valence-electron chi connectivity index (χ1n) is 8.67. The number of rotatable bonds is 5. The van der Waals surface area contributed by atoms with Gasteiger partial charge in [0, 0.05) is 42.3 Å². The van der Waals surface area contributed by atoms with E-state index in [0.717, 1.165) is 0 Å². The lowest BCUT2D eigenvalue weighted by Gasteiger charge is -2.39. The molecular formula is C19H19Cl2N3O4. The van der Waals surface area contributed by atoms with Crippen molar-refractivity contribution in [2.45, 2.75) is 6.04 Å². The third-order valence-corrected chi connectivity index (χ3v) is 5.36. The monoisotopic (exact) mass is 423 g/mol. The Balaban J connectivity index is 1.81. The number of hydrogen-bond donors (Lipinski definition) is 0. The number of carbonyl (C=O) groups is 1. The van der Waals surface area contributed by atoms with E-state index in [4.69, 9.17) is 27.9 Å². The number of piperazine rings is 1. The minimum atomic E-state index is -0.624. The van der Waals surface area contributed by atoms with Crippen LogP contribution in [0.2, 0.25) is 10.0 Å². The summed E-state index contributed by atoms with van der Waals surface area (Å²) >= 11 is 12.2. The van der Waals surface area contributed by atoms with E-state index in [-0.39, 0.29) is 11.7 Å². The number of nitrogens with zero attached hydrogens (tertiary/aromatic N) is 3. The van der Waals surface area contributed by atoms with Gasteiger partial charge >= 0.3 is 5.97 Å². The van der Waals surface area contributed by atoms with Gasteiger partial charge in [0.25, 0.3) is 5.69 Å². The van der Waals surface area contributed by atoms with E-state index < -0.39 is 11.0 Å². The van der Waals surface area contributed by atoms with Crippen molar-refractivity contribution in [2.24, 2.45) is 0 Å². The largest absolute Gasteiger partial charge is 0.468 e. The molecule has 1 heterocycles. The van der Waals surface area contributed by atoms with Gasteiger partial charge in [0.2, 0.25) is 0 Å². The third kappa shape index (κ3) is 4.22. The highest BCUT2D eigenvalue weighted by Gasteiger charge is 2.33. The summed E-state index contributed by atoms with van der Waals surface area (Å²) in [4.78, 5) is 27.3. The molecule has 28 heavy (non-hydrogen) atoms. The second kappa shape index (κ2) is 8.77. The van der Waals surface area contributed by atoms with Gasteiger partial charge in [-0.05, 0) is 23.8 Å². The van der Waals surface area contributed by atoms with Crippen molar-refractivity contribution in [2.75, 3.05) is 38.2 Å². The zero-order chi connectivity index (χ0) is 20.3. The van der Waals surface area contributed by atoms with Crippen LogP contribution >= 0.6 is 23.2 Å². The van der Waals surface area contributed by atoms with Crippen molar-refractivity contribution in [1.29, 1.82) is 0 Å². The molecule has 2 aromatic rings. The number of nitro groups is 1. The summed E-state index contributed by atoms with van der Waals surface area (Å²) in [6.45, 7) is 2.07. The van der Waals surface area contributed by atoms with Crippen molar-refractivity contribution in [3.8, 4) is 0 Å². The Kier molecular flexibility index (Phi) is 6.39. The minimum absolute atomic E-state index is 0.0310. The summed E-state index contributed by atoms with van der Waals surface area (Å²) in [6.07, 6.45) is 0. The lowest BCUT2D eigenvalue weighted by atomic mass is 10.0. The zero-order valence-electron chi connectivity index (χ0n) is 15.2. The first-order valence-corrected chi connectivity index (χ1v) is 9.43. The molecule has 148 valence electrons. The smallest absolute Gasteiger partial charge is 0.327 e. The molecule has 1 aliphatic rings. The molecule has 0 saturated carbocycles. The van der Waals surface area contributed by atoms with Crippen LogP contribution < -0.4 is 4.90 Å². The van der Waals surface area contributed by atoms with Gasteiger partial charge in [-0.3, -0.25) is 15.0 Å². The number of esters is 1. The lowest BCUT2D eigenvalue weighted by molar-refractivity contribution is -0.384. The molecule has 1 fully saturated rings. The number of methoxy groups -OCH3 is 1. The van der Waals surface area contributed by atoms with Crippen molar-refractivity contribution >= 4 is 40.5 Å². The fourth-order valence-corrected chi connectivity index (χ4v) is 3.82. The van der Waals surface area contributed by atoms with Crippen LogP contribution in [0.1, 0.15) is 11.6 Å². The van der Waals surface area contributed by atoms with E-state index in [1.807, 2.05) is 15.9 Å². The molecule has 0 aromatic heterocycles. The number of carbonyl (C=O) groups excluding carboxylic acids is 1. The first kappa shape index (κ1) is 20.4. The maximum absolute atomic E-state index is 12.5. The summed E-state index contributed by atoms with van der Waals surface area (Å²) in [5.41, 5.74) is 1.17. The second-order valence-electron chi connectivity index (χ2n) is 6.36. The summed E-state index contributed by atoms with van der Waals surface area (Å²) in [5, 5.41) is 12.2. The van der Waals surface area contributed by atoms with Gasteiger partial charge in [-0.2, -0.15) is 0 Å². The molecular weight excluding hydrogens is 405 g/mol. The number of anilines is 1. The predicted molar refractivity (Wildman–Crippen MR) is 108 cm³/mol. The highest BCUT2D eigenvalue weighted by molar-refractivity contribution is 6.31. The second-order valence-corrected chi connectivity index (χ2v) is 7.20. The standard InChI is InChI=1S/C19H19Cl2N3O4/c1-28-19(25)18(14-4-2-3-5-15(14)21)23-10-8-22(9-11-23)16-7-6-13(20)12-17(16)24(26)27/h2-7,12,18H,8-11H2,1H3. The Morgan fingerprint density at radius 3 is 2.43 bits per heavy atom. The van der Waals surface area contributed by atoms with E-state index >= 15 is 0 Å². The summed E-state index contributed by atoms with van der Waals surface area (Å²) in [5.74, 6) is -0.390. The number of hydrogen-bond acceptors (Lipinski definition) is 6. The molecule has 0 radical (unpaired) electrons. The molecule has 1 saturated heterocycles. The average Bonchev–Trinajstić information content (AvgIpc) is 2.70. The lowest BCUT2D eigenvalue weighted by Crippen LogP contribution is -2.49. The van der Waals surface area contributed by atoms with Crippen LogP contribution in [0.15, 0.2) is 42.5 Å².